The normalized spacial score (nSPS) is 10.5. The van der Waals surface area contributed by atoms with Crippen molar-refractivity contribution in [3.8, 4) is 0 Å². The average Bonchev–Trinajstić information content (AvgIpc) is 2.17. The molecule has 0 atom stereocenters. The first-order valence-corrected chi connectivity index (χ1v) is 4.19. The Labute approximate surface area is 82.0 Å². The summed E-state index contributed by atoms with van der Waals surface area (Å²) in [5.41, 5.74) is 0.679. The highest BCUT2D eigenvalue weighted by Gasteiger charge is 2.11. The number of carbonyl (C=O) groups is 1. The van der Waals surface area contributed by atoms with Gasteiger partial charge in [0.2, 0.25) is 0 Å². The summed E-state index contributed by atoms with van der Waals surface area (Å²) in [5, 5.41) is 0. The third-order valence-corrected chi connectivity index (χ3v) is 1.76. The van der Waals surface area contributed by atoms with E-state index in [1.54, 1.807) is 18.2 Å². The molecule has 0 bridgehead atoms. The molecular weight excluding hydrogens is 183 g/mol. The summed E-state index contributed by atoms with van der Waals surface area (Å²) >= 11 is 0. The van der Waals surface area contributed by atoms with Crippen molar-refractivity contribution in [3.05, 3.63) is 41.2 Å². The molecule has 0 spiro atoms. The summed E-state index contributed by atoms with van der Waals surface area (Å²) in [4.78, 5) is 11.0. The van der Waals surface area contributed by atoms with Crippen molar-refractivity contribution >= 4 is 12.0 Å². The van der Waals surface area contributed by atoms with Crippen molar-refractivity contribution in [1.29, 1.82) is 0 Å². The molecule has 0 aromatic heterocycles. The van der Waals surface area contributed by atoms with Crippen LogP contribution in [0.15, 0.2) is 24.3 Å². The van der Waals surface area contributed by atoms with Crippen LogP contribution in [0.2, 0.25) is 0 Å². The highest BCUT2D eigenvalue weighted by atomic mass is 19.1. The van der Waals surface area contributed by atoms with E-state index in [0.717, 1.165) is 5.56 Å². The molecule has 0 saturated heterocycles. The minimum atomic E-state index is -0.658. The molecule has 1 rings (SSSR count). The number of halogens is 1. The molecule has 2 nitrogen and oxygen atoms in total. The standard InChI is InChI=1S/C11H11FO2/c1-3-4-8-5-6-9(10(12)7-8)11(13)14-2/h3-7H,1-2H3/b4-3+. The molecule has 0 fully saturated rings. The zero-order valence-corrected chi connectivity index (χ0v) is 8.08. The lowest BCUT2D eigenvalue weighted by Crippen LogP contribution is -2.04. The Balaban J connectivity index is 3.07. The fraction of sp³-hybridized carbons (Fsp3) is 0.182. The van der Waals surface area contributed by atoms with E-state index in [-0.39, 0.29) is 5.56 Å². The van der Waals surface area contributed by atoms with Crippen LogP contribution in [-0.2, 0) is 4.74 Å². The number of allylic oxidation sites excluding steroid dienone is 1. The van der Waals surface area contributed by atoms with Crippen LogP contribution in [0.4, 0.5) is 4.39 Å². The average molecular weight is 194 g/mol. The van der Waals surface area contributed by atoms with Crippen LogP contribution in [0.1, 0.15) is 22.8 Å². The quantitative estimate of drug-likeness (QED) is 0.676. The van der Waals surface area contributed by atoms with Crippen LogP contribution in [0, 0.1) is 5.82 Å². The molecule has 0 unspecified atom stereocenters. The molecule has 1 aromatic rings. The van der Waals surface area contributed by atoms with Gasteiger partial charge in [-0.3, -0.25) is 0 Å². The lowest BCUT2D eigenvalue weighted by atomic mass is 10.1. The van der Waals surface area contributed by atoms with Gasteiger partial charge < -0.3 is 4.74 Å². The minimum absolute atomic E-state index is 0.0410. The molecule has 0 N–H and O–H groups in total. The van der Waals surface area contributed by atoms with Gasteiger partial charge >= 0.3 is 5.97 Å². The van der Waals surface area contributed by atoms with Gasteiger partial charge in [0, 0.05) is 0 Å². The Morgan fingerprint density at radius 1 is 1.50 bits per heavy atom. The number of carbonyl (C=O) groups excluding carboxylic acids is 1. The highest BCUT2D eigenvalue weighted by molar-refractivity contribution is 5.89. The first-order valence-electron chi connectivity index (χ1n) is 4.19. The second-order valence-electron chi connectivity index (χ2n) is 2.73. The Morgan fingerprint density at radius 3 is 2.71 bits per heavy atom. The molecule has 0 saturated carbocycles. The van der Waals surface area contributed by atoms with Crippen LogP contribution >= 0.6 is 0 Å². The van der Waals surface area contributed by atoms with Gasteiger partial charge in [-0.15, -0.1) is 0 Å². The Hall–Kier alpha value is -1.64. The van der Waals surface area contributed by atoms with Crippen molar-refractivity contribution in [2.75, 3.05) is 7.11 Å². The number of benzene rings is 1. The van der Waals surface area contributed by atoms with Gasteiger partial charge in [0.15, 0.2) is 0 Å². The summed E-state index contributed by atoms with van der Waals surface area (Å²) in [5.74, 6) is -1.22. The Bertz CT molecular complexity index is 370. The van der Waals surface area contributed by atoms with E-state index < -0.39 is 11.8 Å². The summed E-state index contributed by atoms with van der Waals surface area (Å²) in [6.07, 6.45) is 3.55. The number of methoxy groups -OCH3 is 1. The Kier molecular flexibility index (Phi) is 3.40. The van der Waals surface area contributed by atoms with Gasteiger partial charge in [0.1, 0.15) is 5.82 Å². The molecule has 74 valence electrons. The summed E-state index contributed by atoms with van der Waals surface area (Å²) in [6, 6.07) is 4.37. The zero-order valence-electron chi connectivity index (χ0n) is 8.08. The smallest absolute Gasteiger partial charge is 0.340 e. The van der Waals surface area contributed by atoms with Crippen LogP contribution in [0.25, 0.3) is 6.08 Å². The lowest BCUT2D eigenvalue weighted by Gasteiger charge is -2.01. The van der Waals surface area contributed by atoms with Gasteiger partial charge in [-0.2, -0.15) is 0 Å². The fourth-order valence-corrected chi connectivity index (χ4v) is 1.10. The summed E-state index contributed by atoms with van der Waals surface area (Å²) in [7, 11) is 1.22. The first-order chi connectivity index (χ1) is 6.69. The number of rotatable bonds is 2. The first kappa shape index (κ1) is 10.4. The topological polar surface area (TPSA) is 26.3 Å². The molecule has 0 amide bonds. The van der Waals surface area contributed by atoms with Crippen molar-refractivity contribution in [2.45, 2.75) is 6.92 Å². The van der Waals surface area contributed by atoms with Crippen molar-refractivity contribution in [2.24, 2.45) is 0 Å². The van der Waals surface area contributed by atoms with Gasteiger partial charge in [0.05, 0.1) is 12.7 Å². The number of ether oxygens (including phenoxy) is 1. The van der Waals surface area contributed by atoms with Gasteiger partial charge in [-0.1, -0.05) is 18.2 Å². The SMILES string of the molecule is C/C=C/c1ccc(C(=O)OC)c(F)c1. The second kappa shape index (κ2) is 4.56. The maximum Gasteiger partial charge on any atom is 0.340 e. The van der Waals surface area contributed by atoms with E-state index >= 15 is 0 Å². The van der Waals surface area contributed by atoms with Crippen LogP contribution in [0.5, 0.6) is 0 Å². The van der Waals surface area contributed by atoms with Crippen molar-refractivity contribution in [3.63, 3.8) is 0 Å². The number of hydrogen-bond donors (Lipinski definition) is 0. The van der Waals surface area contributed by atoms with E-state index in [4.69, 9.17) is 0 Å². The molecule has 0 radical (unpaired) electrons. The van der Waals surface area contributed by atoms with E-state index in [2.05, 4.69) is 4.74 Å². The Morgan fingerprint density at radius 2 is 2.21 bits per heavy atom. The molecule has 0 aliphatic rings. The maximum absolute atomic E-state index is 13.3. The van der Waals surface area contributed by atoms with E-state index in [0.29, 0.717) is 0 Å². The molecular formula is C11H11FO2. The zero-order chi connectivity index (χ0) is 10.6. The minimum Gasteiger partial charge on any atom is -0.465 e. The predicted octanol–water partition coefficient (Wildman–Crippen LogP) is 2.65. The third kappa shape index (κ3) is 2.19. The third-order valence-electron chi connectivity index (χ3n) is 1.76. The van der Waals surface area contributed by atoms with E-state index in [1.807, 2.05) is 6.92 Å². The van der Waals surface area contributed by atoms with Crippen LogP contribution < -0.4 is 0 Å². The van der Waals surface area contributed by atoms with Gasteiger partial charge in [-0.25, -0.2) is 9.18 Å². The molecule has 14 heavy (non-hydrogen) atoms. The monoisotopic (exact) mass is 194 g/mol. The molecule has 0 heterocycles. The molecule has 0 aliphatic heterocycles. The fourth-order valence-electron chi connectivity index (χ4n) is 1.10. The van der Waals surface area contributed by atoms with Gasteiger partial charge in [-0.05, 0) is 24.6 Å². The van der Waals surface area contributed by atoms with E-state index in [1.165, 1.54) is 19.2 Å². The largest absolute Gasteiger partial charge is 0.465 e. The van der Waals surface area contributed by atoms with Gasteiger partial charge in [0.25, 0.3) is 0 Å². The molecule has 1 aromatic carbocycles. The molecule has 0 aliphatic carbocycles. The second-order valence-corrected chi connectivity index (χ2v) is 2.73. The van der Waals surface area contributed by atoms with E-state index in [9.17, 15) is 9.18 Å². The molecule has 3 heteroatoms. The van der Waals surface area contributed by atoms with Crippen LogP contribution in [-0.4, -0.2) is 13.1 Å². The number of hydrogen-bond acceptors (Lipinski definition) is 2. The highest BCUT2D eigenvalue weighted by Crippen LogP contribution is 2.12. The maximum atomic E-state index is 13.3. The van der Waals surface area contributed by atoms with Crippen molar-refractivity contribution < 1.29 is 13.9 Å². The predicted molar refractivity (Wildman–Crippen MR) is 52.4 cm³/mol. The van der Waals surface area contributed by atoms with Crippen molar-refractivity contribution in [1.82, 2.24) is 0 Å². The lowest BCUT2D eigenvalue weighted by molar-refractivity contribution is 0.0595. The summed E-state index contributed by atoms with van der Waals surface area (Å²) < 4.78 is 17.7. The number of esters is 1. The van der Waals surface area contributed by atoms with Crippen LogP contribution in [0.3, 0.4) is 0 Å². The summed E-state index contributed by atoms with van der Waals surface area (Å²) in [6.45, 7) is 1.84.